The number of nitrogens with zero attached hydrogens (tertiary/aromatic N) is 2. The van der Waals surface area contributed by atoms with Crippen LogP contribution in [0.25, 0.3) is 0 Å². The van der Waals surface area contributed by atoms with E-state index in [1.165, 1.54) is 4.31 Å². The molecule has 0 bridgehead atoms. The third-order valence-electron chi connectivity index (χ3n) is 4.63. The monoisotopic (exact) mass is 393 g/mol. The van der Waals surface area contributed by atoms with Crippen molar-refractivity contribution in [1.82, 2.24) is 4.31 Å². The summed E-state index contributed by atoms with van der Waals surface area (Å²) in [7, 11) is -3.57. The number of nitrogens with one attached hydrogen (secondary N) is 1. The highest BCUT2D eigenvalue weighted by atomic mass is 32.2. The second kappa shape index (κ2) is 7.61. The molecule has 1 saturated heterocycles. The van der Waals surface area contributed by atoms with Crippen LogP contribution in [-0.4, -0.2) is 36.8 Å². The molecule has 0 aromatic heterocycles. The number of sulfonamides is 1. The van der Waals surface area contributed by atoms with Crippen molar-refractivity contribution in [2.75, 3.05) is 18.4 Å². The first-order valence-electron chi connectivity index (χ1n) is 8.54. The van der Waals surface area contributed by atoms with Crippen molar-refractivity contribution in [3.05, 3.63) is 64.0 Å². The van der Waals surface area contributed by atoms with Crippen molar-refractivity contribution in [2.24, 2.45) is 0 Å². The number of piperidine rings is 1. The maximum absolute atomic E-state index is 13.4. The zero-order chi connectivity index (χ0) is 19.6. The summed E-state index contributed by atoms with van der Waals surface area (Å²) in [5.74, 6) is -0.567. The van der Waals surface area contributed by atoms with Crippen LogP contribution in [0.2, 0.25) is 0 Å². The first-order valence-corrected chi connectivity index (χ1v) is 9.98. The molecular formula is C18H20FN3O4S. The summed E-state index contributed by atoms with van der Waals surface area (Å²) >= 11 is 0. The Bertz CT molecular complexity index is 940. The van der Waals surface area contributed by atoms with E-state index in [1.54, 1.807) is 24.3 Å². The molecule has 0 unspecified atom stereocenters. The summed E-state index contributed by atoms with van der Waals surface area (Å²) in [6.45, 7) is 2.47. The van der Waals surface area contributed by atoms with Gasteiger partial charge in [-0.1, -0.05) is 17.7 Å². The lowest BCUT2D eigenvalue weighted by atomic mass is 10.1. The minimum atomic E-state index is -3.57. The van der Waals surface area contributed by atoms with Gasteiger partial charge in [0, 0.05) is 31.3 Å². The SMILES string of the molecule is Cc1ccc(S(=O)(=O)N2CCC(Nc3cc(F)ccc3[N+](=O)[O-])CC2)cc1. The lowest BCUT2D eigenvalue weighted by Gasteiger charge is -2.32. The third-order valence-corrected chi connectivity index (χ3v) is 6.54. The molecule has 0 radical (unpaired) electrons. The van der Waals surface area contributed by atoms with Gasteiger partial charge in [0.15, 0.2) is 0 Å². The first kappa shape index (κ1) is 19.2. The Kier molecular flexibility index (Phi) is 5.43. The molecular weight excluding hydrogens is 373 g/mol. The average Bonchev–Trinajstić information content (AvgIpc) is 2.62. The van der Waals surface area contributed by atoms with E-state index in [9.17, 15) is 22.9 Å². The normalized spacial score (nSPS) is 16.2. The van der Waals surface area contributed by atoms with E-state index in [0.29, 0.717) is 12.8 Å². The van der Waals surface area contributed by atoms with Crippen molar-refractivity contribution >= 4 is 21.4 Å². The van der Waals surface area contributed by atoms with E-state index >= 15 is 0 Å². The number of aryl methyl sites for hydroxylation is 1. The largest absolute Gasteiger partial charge is 0.377 e. The van der Waals surface area contributed by atoms with Crippen LogP contribution in [0.5, 0.6) is 0 Å². The number of nitro groups is 1. The van der Waals surface area contributed by atoms with Gasteiger partial charge in [0.25, 0.3) is 5.69 Å². The number of nitro benzene ring substituents is 1. The fourth-order valence-corrected chi connectivity index (χ4v) is 4.57. The molecule has 7 nitrogen and oxygen atoms in total. The van der Waals surface area contributed by atoms with E-state index in [0.717, 1.165) is 23.8 Å². The van der Waals surface area contributed by atoms with Crippen LogP contribution >= 0.6 is 0 Å². The summed E-state index contributed by atoms with van der Waals surface area (Å²) in [5.41, 5.74) is 0.888. The summed E-state index contributed by atoms with van der Waals surface area (Å²) in [6.07, 6.45) is 0.942. The fraction of sp³-hybridized carbons (Fsp3) is 0.333. The highest BCUT2D eigenvalue weighted by Crippen LogP contribution is 2.28. The van der Waals surface area contributed by atoms with Gasteiger partial charge in [-0.15, -0.1) is 0 Å². The van der Waals surface area contributed by atoms with Gasteiger partial charge in [0.05, 0.1) is 9.82 Å². The molecule has 2 aromatic carbocycles. The Labute approximate surface area is 157 Å². The molecule has 2 aromatic rings. The maximum atomic E-state index is 13.4. The molecule has 144 valence electrons. The third kappa shape index (κ3) is 4.25. The maximum Gasteiger partial charge on any atom is 0.292 e. The Balaban J connectivity index is 1.68. The molecule has 0 spiro atoms. The summed E-state index contributed by atoms with van der Waals surface area (Å²) in [5, 5.41) is 14.1. The van der Waals surface area contributed by atoms with Gasteiger partial charge in [0.2, 0.25) is 10.0 Å². The van der Waals surface area contributed by atoms with Crippen LogP contribution < -0.4 is 5.32 Å². The first-order chi connectivity index (χ1) is 12.8. The minimum absolute atomic E-state index is 0.111. The van der Waals surface area contributed by atoms with Crippen molar-refractivity contribution in [3.8, 4) is 0 Å². The molecule has 9 heteroatoms. The predicted molar refractivity (Wildman–Crippen MR) is 99.6 cm³/mol. The average molecular weight is 393 g/mol. The van der Waals surface area contributed by atoms with Gasteiger partial charge in [-0.05, 0) is 38.0 Å². The van der Waals surface area contributed by atoms with Crippen LogP contribution in [0.1, 0.15) is 18.4 Å². The van der Waals surface area contributed by atoms with Crippen molar-refractivity contribution in [3.63, 3.8) is 0 Å². The molecule has 0 saturated carbocycles. The van der Waals surface area contributed by atoms with Crippen molar-refractivity contribution in [1.29, 1.82) is 0 Å². The molecule has 0 aliphatic carbocycles. The Morgan fingerprint density at radius 3 is 2.37 bits per heavy atom. The van der Waals surface area contributed by atoms with Gasteiger partial charge in [-0.3, -0.25) is 10.1 Å². The Morgan fingerprint density at radius 1 is 1.15 bits per heavy atom. The minimum Gasteiger partial charge on any atom is -0.377 e. The summed E-state index contributed by atoms with van der Waals surface area (Å²) < 4.78 is 40.3. The van der Waals surface area contributed by atoms with Gasteiger partial charge in [-0.25, -0.2) is 12.8 Å². The van der Waals surface area contributed by atoms with Crippen molar-refractivity contribution < 1.29 is 17.7 Å². The van der Waals surface area contributed by atoms with E-state index in [4.69, 9.17) is 0 Å². The molecule has 0 atom stereocenters. The number of anilines is 1. The number of halogens is 1. The van der Waals surface area contributed by atoms with Gasteiger partial charge < -0.3 is 5.32 Å². The Hall–Kier alpha value is -2.52. The molecule has 1 aliphatic heterocycles. The molecule has 1 N–H and O–H groups in total. The number of hydrogen-bond donors (Lipinski definition) is 1. The van der Waals surface area contributed by atoms with Crippen molar-refractivity contribution in [2.45, 2.75) is 30.7 Å². The molecule has 1 heterocycles. The van der Waals surface area contributed by atoms with Gasteiger partial charge in [-0.2, -0.15) is 4.31 Å². The predicted octanol–water partition coefficient (Wildman–Crippen LogP) is 3.31. The second-order valence-electron chi connectivity index (χ2n) is 6.55. The van der Waals surface area contributed by atoms with E-state index in [-0.39, 0.29) is 35.4 Å². The van der Waals surface area contributed by atoms with Crippen LogP contribution in [0.15, 0.2) is 47.4 Å². The quantitative estimate of drug-likeness (QED) is 0.621. The van der Waals surface area contributed by atoms with Crippen LogP contribution in [0.4, 0.5) is 15.8 Å². The van der Waals surface area contributed by atoms with E-state index < -0.39 is 20.8 Å². The second-order valence-corrected chi connectivity index (χ2v) is 8.49. The molecule has 1 fully saturated rings. The summed E-state index contributed by atoms with van der Waals surface area (Å²) in [6, 6.07) is 9.77. The number of hydrogen-bond acceptors (Lipinski definition) is 5. The van der Waals surface area contributed by atoms with E-state index in [2.05, 4.69) is 5.32 Å². The highest BCUT2D eigenvalue weighted by molar-refractivity contribution is 7.89. The topological polar surface area (TPSA) is 92.6 Å². The van der Waals surface area contributed by atoms with Crippen LogP contribution in [0.3, 0.4) is 0 Å². The lowest BCUT2D eigenvalue weighted by molar-refractivity contribution is -0.384. The van der Waals surface area contributed by atoms with Gasteiger partial charge >= 0.3 is 0 Å². The number of benzene rings is 2. The Morgan fingerprint density at radius 2 is 1.78 bits per heavy atom. The van der Waals surface area contributed by atoms with E-state index in [1.807, 2.05) is 6.92 Å². The zero-order valence-corrected chi connectivity index (χ0v) is 15.6. The van der Waals surface area contributed by atoms with Crippen LogP contribution in [0, 0.1) is 22.9 Å². The molecule has 27 heavy (non-hydrogen) atoms. The standard InChI is InChI=1S/C18H20FN3O4S/c1-13-2-5-16(6-3-13)27(25,26)21-10-8-15(9-11-21)20-17-12-14(19)4-7-18(17)22(23)24/h2-7,12,15,20H,8-11H2,1H3. The lowest BCUT2D eigenvalue weighted by Crippen LogP contribution is -2.42. The summed E-state index contributed by atoms with van der Waals surface area (Å²) in [4.78, 5) is 10.8. The smallest absolute Gasteiger partial charge is 0.292 e. The zero-order valence-electron chi connectivity index (χ0n) is 14.8. The van der Waals surface area contributed by atoms with Crippen LogP contribution in [-0.2, 0) is 10.0 Å². The molecule has 0 amide bonds. The highest BCUT2D eigenvalue weighted by Gasteiger charge is 2.30. The number of rotatable bonds is 5. The van der Waals surface area contributed by atoms with Gasteiger partial charge in [0.1, 0.15) is 11.5 Å². The molecule has 3 rings (SSSR count). The molecule has 1 aliphatic rings. The fourth-order valence-electron chi connectivity index (χ4n) is 3.10.